The van der Waals surface area contributed by atoms with Gasteiger partial charge in [0.15, 0.2) is 5.96 Å². The van der Waals surface area contributed by atoms with Gasteiger partial charge in [-0.15, -0.1) is 24.0 Å². The third-order valence-corrected chi connectivity index (χ3v) is 6.02. The predicted octanol–water partition coefficient (Wildman–Crippen LogP) is 2.32. The van der Waals surface area contributed by atoms with Crippen molar-refractivity contribution in [3.63, 3.8) is 0 Å². The lowest BCUT2D eigenvalue weighted by Crippen LogP contribution is -2.48. The van der Waals surface area contributed by atoms with Crippen molar-refractivity contribution in [2.75, 3.05) is 51.7 Å². The molecule has 1 saturated heterocycles. The Morgan fingerprint density at radius 2 is 1.89 bits per heavy atom. The summed E-state index contributed by atoms with van der Waals surface area (Å²) in [6.07, 6.45) is 0. The zero-order valence-corrected chi connectivity index (χ0v) is 20.4. The van der Waals surface area contributed by atoms with E-state index < -0.39 is 10.8 Å². The van der Waals surface area contributed by atoms with Crippen LogP contribution < -0.4 is 10.6 Å². The van der Waals surface area contributed by atoms with Gasteiger partial charge in [-0.05, 0) is 25.0 Å². The van der Waals surface area contributed by atoms with Gasteiger partial charge in [0.1, 0.15) is 0 Å². The molecule has 0 aromatic heterocycles. The molecular formula is C20H35IN4O2S. The van der Waals surface area contributed by atoms with E-state index in [1.165, 1.54) is 0 Å². The summed E-state index contributed by atoms with van der Waals surface area (Å²) in [5.41, 5.74) is 0. The number of nitrogens with one attached hydrogen (secondary N) is 2. The molecule has 1 aromatic carbocycles. The minimum Gasteiger partial charge on any atom is -0.379 e. The van der Waals surface area contributed by atoms with E-state index >= 15 is 0 Å². The fourth-order valence-electron chi connectivity index (χ4n) is 3.14. The van der Waals surface area contributed by atoms with E-state index in [9.17, 15) is 4.21 Å². The van der Waals surface area contributed by atoms with Crippen LogP contribution in [0.2, 0.25) is 0 Å². The molecule has 2 unspecified atom stereocenters. The standard InChI is InChI=1S/C20H34N4O2S.HI/c1-4-21-20(22-10-15-27(25)18-8-6-5-7-9-18)23-16-19(17(2)3)24-11-13-26-14-12-24;/h5-9,17,19H,4,10-16H2,1-3H3,(H2,21,22,23);1H. The summed E-state index contributed by atoms with van der Waals surface area (Å²) < 4.78 is 17.8. The maximum Gasteiger partial charge on any atom is 0.191 e. The molecule has 2 rings (SSSR count). The van der Waals surface area contributed by atoms with E-state index in [2.05, 4.69) is 36.3 Å². The Morgan fingerprint density at radius 3 is 2.50 bits per heavy atom. The highest BCUT2D eigenvalue weighted by atomic mass is 127. The summed E-state index contributed by atoms with van der Waals surface area (Å²) >= 11 is 0. The third kappa shape index (κ3) is 8.75. The first-order valence-electron chi connectivity index (χ1n) is 9.89. The van der Waals surface area contributed by atoms with Crippen LogP contribution in [0.25, 0.3) is 0 Å². The Hall–Kier alpha value is -0.710. The number of morpholine rings is 1. The summed E-state index contributed by atoms with van der Waals surface area (Å²) in [7, 11) is -0.995. The van der Waals surface area contributed by atoms with Crippen LogP contribution in [0.15, 0.2) is 40.2 Å². The van der Waals surface area contributed by atoms with Crippen LogP contribution in [0, 0.1) is 5.92 Å². The fourth-order valence-corrected chi connectivity index (χ4v) is 4.12. The molecular weight excluding hydrogens is 487 g/mol. The summed E-state index contributed by atoms with van der Waals surface area (Å²) in [5, 5.41) is 6.61. The monoisotopic (exact) mass is 522 g/mol. The zero-order valence-electron chi connectivity index (χ0n) is 17.2. The van der Waals surface area contributed by atoms with Crippen LogP contribution in [-0.4, -0.2) is 72.8 Å². The largest absolute Gasteiger partial charge is 0.379 e. The number of ether oxygens (including phenoxy) is 1. The van der Waals surface area contributed by atoms with Gasteiger partial charge in [-0.3, -0.25) is 14.1 Å². The van der Waals surface area contributed by atoms with Crippen LogP contribution in [0.3, 0.4) is 0 Å². The first kappa shape index (κ1) is 25.3. The molecule has 2 atom stereocenters. The highest BCUT2D eigenvalue weighted by Gasteiger charge is 2.23. The molecule has 0 radical (unpaired) electrons. The minimum absolute atomic E-state index is 0. The number of guanidine groups is 1. The van der Waals surface area contributed by atoms with E-state index in [1.54, 1.807) is 0 Å². The molecule has 0 spiro atoms. The first-order chi connectivity index (χ1) is 13.1. The number of halogens is 1. The highest BCUT2D eigenvalue weighted by Crippen LogP contribution is 2.13. The normalized spacial score (nSPS) is 17.6. The maximum absolute atomic E-state index is 12.3. The Morgan fingerprint density at radius 1 is 1.21 bits per heavy atom. The minimum atomic E-state index is -0.995. The van der Waals surface area contributed by atoms with Crippen molar-refractivity contribution >= 4 is 40.7 Å². The van der Waals surface area contributed by atoms with Gasteiger partial charge in [-0.1, -0.05) is 32.0 Å². The molecule has 1 aliphatic rings. The Balaban J connectivity index is 0.00000392. The Bertz CT molecular complexity index is 595. The topological polar surface area (TPSA) is 66.0 Å². The van der Waals surface area contributed by atoms with Crippen molar-refractivity contribution in [2.24, 2.45) is 10.9 Å². The first-order valence-corrected chi connectivity index (χ1v) is 11.2. The lowest BCUT2D eigenvalue weighted by atomic mass is 10.0. The average molecular weight is 522 g/mol. The van der Waals surface area contributed by atoms with Gasteiger partial charge < -0.3 is 15.4 Å². The number of nitrogens with zero attached hydrogens (tertiary/aromatic N) is 2. The van der Waals surface area contributed by atoms with E-state index in [1.807, 2.05) is 30.3 Å². The molecule has 1 aromatic rings. The lowest BCUT2D eigenvalue weighted by Gasteiger charge is -2.36. The summed E-state index contributed by atoms with van der Waals surface area (Å²) in [6.45, 7) is 12.3. The summed E-state index contributed by atoms with van der Waals surface area (Å²) in [5.74, 6) is 1.88. The molecule has 1 heterocycles. The Kier molecular flexibility index (Phi) is 12.9. The van der Waals surface area contributed by atoms with Gasteiger partial charge in [0, 0.05) is 42.9 Å². The van der Waals surface area contributed by atoms with Crippen molar-refractivity contribution < 1.29 is 8.95 Å². The lowest BCUT2D eigenvalue weighted by molar-refractivity contribution is 0.00867. The molecule has 0 amide bonds. The summed E-state index contributed by atoms with van der Waals surface area (Å²) in [6, 6.07) is 10.0. The fraction of sp³-hybridized carbons (Fsp3) is 0.650. The van der Waals surface area contributed by atoms with Crippen LogP contribution in [0.5, 0.6) is 0 Å². The molecule has 8 heteroatoms. The predicted molar refractivity (Wildman–Crippen MR) is 128 cm³/mol. The second kappa shape index (κ2) is 14.3. The highest BCUT2D eigenvalue weighted by molar-refractivity contribution is 14.0. The maximum atomic E-state index is 12.3. The molecule has 1 aliphatic heterocycles. The SMILES string of the molecule is CCNC(=NCC(C(C)C)N1CCOCC1)NCCS(=O)c1ccccc1.I. The van der Waals surface area contributed by atoms with Gasteiger partial charge >= 0.3 is 0 Å². The zero-order chi connectivity index (χ0) is 19.5. The van der Waals surface area contributed by atoms with Gasteiger partial charge in [0.25, 0.3) is 0 Å². The van der Waals surface area contributed by atoms with Crippen molar-refractivity contribution in [2.45, 2.75) is 31.7 Å². The molecule has 1 fully saturated rings. The average Bonchev–Trinajstić information content (AvgIpc) is 2.69. The van der Waals surface area contributed by atoms with Crippen LogP contribution >= 0.6 is 24.0 Å². The molecule has 6 nitrogen and oxygen atoms in total. The van der Waals surface area contributed by atoms with Gasteiger partial charge in [0.2, 0.25) is 0 Å². The second-order valence-corrected chi connectivity index (χ2v) is 8.54. The summed E-state index contributed by atoms with van der Waals surface area (Å²) in [4.78, 5) is 8.14. The molecule has 160 valence electrons. The van der Waals surface area contributed by atoms with Crippen LogP contribution in [0.1, 0.15) is 20.8 Å². The van der Waals surface area contributed by atoms with Gasteiger partial charge in [-0.2, -0.15) is 0 Å². The van der Waals surface area contributed by atoms with Gasteiger partial charge in [-0.25, -0.2) is 0 Å². The van der Waals surface area contributed by atoms with E-state index in [4.69, 9.17) is 9.73 Å². The molecule has 0 aliphatic carbocycles. The van der Waals surface area contributed by atoms with E-state index in [0.717, 1.165) is 50.2 Å². The number of benzene rings is 1. The van der Waals surface area contributed by atoms with Crippen molar-refractivity contribution in [1.29, 1.82) is 0 Å². The molecule has 0 saturated carbocycles. The molecule has 0 bridgehead atoms. The number of hydrogen-bond acceptors (Lipinski definition) is 4. The number of aliphatic imine (C=N–C) groups is 1. The second-order valence-electron chi connectivity index (χ2n) is 6.97. The quantitative estimate of drug-likeness (QED) is 0.296. The van der Waals surface area contributed by atoms with E-state index in [0.29, 0.717) is 24.3 Å². The van der Waals surface area contributed by atoms with Crippen molar-refractivity contribution in [3.05, 3.63) is 30.3 Å². The molecule has 2 N–H and O–H groups in total. The number of rotatable bonds is 9. The van der Waals surface area contributed by atoms with Crippen LogP contribution in [-0.2, 0) is 15.5 Å². The van der Waals surface area contributed by atoms with E-state index in [-0.39, 0.29) is 24.0 Å². The smallest absolute Gasteiger partial charge is 0.191 e. The Labute approximate surface area is 189 Å². The van der Waals surface area contributed by atoms with Crippen molar-refractivity contribution in [1.82, 2.24) is 15.5 Å². The number of hydrogen-bond donors (Lipinski definition) is 2. The molecule has 28 heavy (non-hydrogen) atoms. The van der Waals surface area contributed by atoms with Crippen LogP contribution in [0.4, 0.5) is 0 Å². The van der Waals surface area contributed by atoms with Gasteiger partial charge in [0.05, 0.1) is 30.6 Å². The third-order valence-electron chi connectivity index (χ3n) is 4.65. The van der Waals surface area contributed by atoms with Crippen molar-refractivity contribution in [3.8, 4) is 0 Å².